The molecule has 2 amide bonds. The largest absolute Gasteiger partial charge is 0.268 e. The quantitative estimate of drug-likeness (QED) is 0.186. The SMILES string of the molecule is Br.O=C1c2ccccc2C(=O)N1c1cccc(-c2csc(N3N=C(c4cccs4)CC3c3ccc(F)cc3)n2)c1. The van der Waals surface area contributed by atoms with E-state index in [1.54, 1.807) is 53.8 Å². The fourth-order valence-electron chi connectivity index (χ4n) is 4.95. The van der Waals surface area contributed by atoms with Crippen LogP contribution >= 0.6 is 39.7 Å². The van der Waals surface area contributed by atoms with Gasteiger partial charge in [-0.2, -0.15) is 5.10 Å². The van der Waals surface area contributed by atoms with Crippen LogP contribution in [0.3, 0.4) is 0 Å². The summed E-state index contributed by atoms with van der Waals surface area (Å²) in [6.07, 6.45) is 0.677. The van der Waals surface area contributed by atoms with E-state index in [0.29, 0.717) is 34.1 Å². The van der Waals surface area contributed by atoms with E-state index >= 15 is 0 Å². The number of thiazole rings is 1. The molecule has 3 aromatic carbocycles. The first kappa shape index (κ1) is 26.2. The van der Waals surface area contributed by atoms with Gasteiger partial charge in [0.05, 0.1) is 39.1 Å². The van der Waals surface area contributed by atoms with Gasteiger partial charge in [-0.15, -0.1) is 39.7 Å². The molecule has 0 fully saturated rings. The minimum absolute atomic E-state index is 0. The van der Waals surface area contributed by atoms with Crippen molar-refractivity contribution in [3.8, 4) is 11.3 Å². The molecule has 2 aliphatic heterocycles. The molecule has 10 heteroatoms. The normalized spacial score (nSPS) is 16.2. The lowest BCUT2D eigenvalue weighted by atomic mass is 10.0. The van der Waals surface area contributed by atoms with Crippen LogP contribution in [0.4, 0.5) is 15.2 Å². The van der Waals surface area contributed by atoms with Gasteiger partial charge >= 0.3 is 0 Å². The van der Waals surface area contributed by atoms with Gasteiger partial charge in [-0.3, -0.25) is 9.59 Å². The van der Waals surface area contributed by atoms with E-state index in [-0.39, 0.29) is 40.7 Å². The van der Waals surface area contributed by atoms with E-state index in [1.807, 2.05) is 46.1 Å². The van der Waals surface area contributed by atoms with Gasteiger partial charge < -0.3 is 0 Å². The summed E-state index contributed by atoms with van der Waals surface area (Å²) < 4.78 is 13.7. The Morgan fingerprint density at radius 1 is 0.850 bits per heavy atom. The number of carbonyl (C=O) groups is 2. The zero-order chi connectivity index (χ0) is 26.5. The standard InChI is InChI=1S/C30H19FN4O2S2.BrH/c31-20-12-10-18(11-13-20)26-16-24(27-9-4-14-38-27)33-35(26)30-32-25(17-39-30)19-5-3-6-21(15-19)34-28(36)22-7-1-2-8-23(22)29(34)37;/h1-15,17,26H,16H2;1H. The lowest BCUT2D eigenvalue weighted by molar-refractivity contribution is 0.0926. The van der Waals surface area contributed by atoms with Crippen molar-refractivity contribution in [3.63, 3.8) is 0 Å². The van der Waals surface area contributed by atoms with Crippen LogP contribution in [-0.4, -0.2) is 22.5 Å². The Hall–Kier alpha value is -3.99. The minimum Gasteiger partial charge on any atom is -0.268 e. The summed E-state index contributed by atoms with van der Waals surface area (Å²) in [6, 6.07) is 24.6. The van der Waals surface area contributed by atoms with E-state index in [2.05, 4.69) is 0 Å². The summed E-state index contributed by atoms with van der Waals surface area (Å²) in [5.74, 6) is -0.945. The van der Waals surface area contributed by atoms with E-state index in [1.165, 1.54) is 28.4 Å². The number of nitrogens with zero attached hydrogens (tertiary/aromatic N) is 4. The number of rotatable bonds is 5. The zero-order valence-corrected chi connectivity index (χ0v) is 24.1. The number of benzene rings is 3. The van der Waals surface area contributed by atoms with Crippen molar-refractivity contribution in [2.24, 2.45) is 5.10 Å². The summed E-state index contributed by atoms with van der Waals surface area (Å²) >= 11 is 3.10. The number of thiophene rings is 1. The van der Waals surface area contributed by atoms with E-state index < -0.39 is 0 Å². The number of hydrazone groups is 1. The fraction of sp³-hybridized carbons (Fsp3) is 0.0667. The Kier molecular flexibility index (Phi) is 6.91. The molecule has 1 unspecified atom stereocenters. The van der Waals surface area contributed by atoms with Crippen LogP contribution in [0.1, 0.15) is 43.6 Å². The predicted octanol–water partition coefficient (Wildman–Crippen LogP) is 7.74. The second-order valence-corrected chi connectivity index (χ2v) is 11.0. The number of fused-ring (bicyclic) bond motifs is 1. The highest BCUT2D eigenvalue weighted by Gasteiger charge is 2.36. The van der Waals surface area contributed by atoms with Crippen molar-refractivity contribution in [1.82, 2.24) is 4.98 Å². The Labute approximate surface area is 247 Å². The number of amides is 2. The molecule has 40 heavy (non-hydrogen) atoms. The van der Waals surface area contributed by atoms with Crippen LogP contribution in [0.5, 0.6) is 0 Å². The third kappa shape index (κ3) is 4.47. The predicted molar refractivity (Wildman–Crippen MR) is 163 cm³/mol. The highest BCUT2D eigenvalue weighted by atomic mass is 79.9. The minimum atomic E-state index is -0.332. The summed E-state index contributed by atoms with van der Waals surface area (Å²) in [6.45, 7) is 0. The molecule has 0 radical (unpaired) electrons. The van der Waals surface area contributed by atoms with Gasteiger partial charge in [-0.05, 0) is 53.4 Å². The first-order valence-corrected chi connectivity index (χ1v) is 14.0. The van der Waals surface area contributed by atoms with Crippen molar-refractivity contribution < 1.29 is 14.0 Å². The number of hydrogen-bond acceptors (Lipinski definition) is 7. The number of anilines is 2. The monoisotopic (exact) mass is 630 g/mol. The van der Waals surface area contributed by atoms with Gasteiger partial charge in [0.25, 0.3) is 11.8 Å². The summed E-state index contributed by atoms with van der Waals surface area (Å²) in [5, 5.41) is 11.5. The van der Waals surface area contributed by atoms with Crippen LogP contribution in [0, 0.1) is 5.82 Å². The summed E-state index contributed by atoms with van der Waals surface area (Å²) in [7, 11) is 0. The van der Waals surface area contributed by atoms with Gasteiger partial charge in [-0.25, -0.2) is 19.3 Å². The molecule has 0 N–H and O–H groups in total. The summed E-state index contributed by atoms with van der Waals surface area (Å²) in [4.78, 5) is 33.2. The maximum absolute atomic E-state index is 13.7. The lowest BCUT2D eigenvalue weighted by Gasteiger charge is -2.21. The number of carbonyl (C=O) groups excluding carboxylic acids is 2. The fourth-order valence-corrected chi connectivity index (χ4v) is 6.51. The van der Waals surface area contributed by atoms with Crippen molar-refractivity contribution in [3.05, 3.63) is 123 Å². The van der Waals surface area contributed by atoms with E-state index in [4.69, 9.17) is 10.1 Å². The molecule has 0 aliphatic carbocycles. The number of hydrogen-bond donors (Lipinski definition) is 0. The second kappa shape index (κ2) is 10.5. The van der Waals surface area contributed by atoms with Crippen LogP contribution in [-0.2, 0) is 0 Å². The van der Waals surface area contributed by atoms with Crippen molar-refractivity contribution in [2.45, 2.75) is 12.5 Å². The molecule has 1 atom stereocenters. The van der Waals surface area contributed by atoms with Crippen LogP contribution in [0.2, 0.25) is 0 Å². The molecule has 0 saturated heterocycles. The Morgan fingerprint density at radius 3 is 2.30 bits per heavy atom. The number of imide groups is 1. The highest BCUT2D eigenvalue weighted by Crippen LogP contribution is 2.40. The summed E-state index contributed by atoms with van der Waals surface area (Å²) in [5.41, 5.74) is 4.72. The maximum Gasteiger partial charge on any atom is 0.266 e. The first-order chi connectivity index (χ1) is 19.1. The maximum atomic E-state index is 13.7. The highest BCUT2D eigenvalue weighted by molar-refractivity contribution is 8.93. The van der Waals surface area contributed by atoms with Crippen LogP contribution < -0.4 is 9.91 Å². The molecule has 4 heterocycles. The van der Waals surface area contributed by atoms with Crippen LogP contribution in [0.25, 0.3) is 11.3 Å². The molecule has 2 aliphatic rings. The van der Waals surface area contributed by atoms with Gasteiger partial charge in [0, 0.05) is 17.4 Å². The molecule has 7 rings (SSSR count). The van der Waals surface area contributed by atoms with Crippen molar-refractivity contribution in [1.29, 1.82) is 0 Å². The Bertz CT molecular complexity index is 1730. The van der Waals surface area contributed by atoms with E-state index in [0.717, 1.165) is 21.7 Å². The topological polar surface area (TPSA) is 65.9 Å². The molecule has 0 saturated carbocycles. The molecule has 0 bridgehead atoms. The number of halogens is 2. The van der Waals surface area contributed by atoms with Gasteiger partial charge in [0.2, 0.25) is 5.13 Å². The number of aromatic nitrogens is 1. The van der Waals surface area contributed by atoms with E-state index in [9.17, 15) is 14.0 Å². The third-order valence-electron chi connectivity index (χ3n) is 6.85. The molecule has 5 aromatic rings. The van der Waals surface area contributed by atoms with Gasteiger partial charge in [0.1, 0.15) is 5.82 Å². The van der Waals surface area contributed by atoms with Gasteiger partial charge in [0.15, 0.2) is 0 Å². The molecular formula is C30H20BrFN4O2S2. The second-order valence-electron chi connectivity index (χ2n) is 9.20. The molecule has 6 nitrogen and oxygen atoms in total. The molecule has 198 valence electrons. The molecule has 2 aromatic heterocycles. The van der Waals surface area contributed by atoms with Crippen molar-refractivity contribution >= 4 is 68.0 Å². The first-order valence-electron chi connectivity index (χ1n) is 12.3. The molecular weight excluding hydrogens is 611 g/mol. The lowest BCUT2D eigenvalue weighted by Crippen LogP contribution is -2.29. The Morgan fingerprint density at radius 2 is 1.60 bits per heavy atom. The average molecular weight is 632 g/mol. The Balaban J connectivity index is 0.00000289. The average Bonchev–Trinajstić information content (AvgIpc) is 3.76. The van der Waals surface area contributed by atoms with Crippen LogP contribution in [0.15, 0.2) is 101 Å². The molecule has 0 spiro atoms. The van der Waals surface area contributed by atoms with Gasteiger partial charge in [-0.1, -0.05) is 42.5 Å². The third-order valence-corrected chi connectivity index (χ3v) is 8.60. The smallest absolute Gasteiger partial charge is 0.266 e. The zero-order valence-electron chi connectivity index (χ0n) is 20.7. The van der Waals surface area contributed by atoms with Crippen molar-refractivity contribution in [2.75, 3.05) is 9.91 Å².